The van der Waals surface area contributed by atoms with Crippen LogP contribution < -0.4 is 10.2 Å². The fourth-order valence-electron chi connectivity index (χ4n) is 3.37. The number of thiocarbonyl (C=S) groups is 1. The van der Waals surface area contributed by atoms with Crippen LogP contribution in [-0.2, 0) is 9.59 Å². The van der Waals surface area contributed by atoms with Gasteiger partial charge in [0.1, 0.15) is 5.57 Å². The van der Waals surface area contributed by atoms with Gasteiger partial charge in [-0.2, -0.15) is 0 Å². The Bertz CT molecular complexity index is 1010. The summed E-state index contributed by atoms with van der Waals surface area (Å²) in [5.41, 5.74) is 2.59. The Morgan fingerprint density at radius 3 is 2.42 bits per heavy atom. The third-order valence-electron chi connectivity index (χ3n) is 4.99. The average Bonchev–Trinajstić information content (AvgIpc) is 2.76. The molecule has 2 aromatic rings. The second-order valence-corrected chi connectivity index (χ2v) is 8.20. The highest BCUT2D eigenvalue weighted by Gasteiger charge is 2.34. The number of nitrogens with one attached hydrogen (secondary N) is 1. The number of unbranched alkanes of at least 4 members (excludes halogenated alkanes) is 3. The monoisotopic (exact) mass is 452 g/mol. The van der Waals surface area contributed by atoms with Gasteiger partial charge in [0.15, 0.2) is 5.11 Å². The van der Waals surface area contributed by atoms with Crippen LogP contribution >= 0.6 is 23.8 Å². The number of carbonyl (C=O) groups is 2. The van der Waals surface area contributed by atoms with Gasteiger partial charge in [-0.1, -0.05) is 74.2 Å². The summed E-state index contributed by atoms with van der Waals surface area (Å²) in [5.74, 6) is -0.920. The van der Waals surface area contributed by atoms with Crippen molar-refractivity contribution in [3.8, 4) is 0 Å². The van der Waals surface area contributed by atoms with Crippen LogP contribution in [0.3, 0.4) is 0 Å². The first-order valence-corrected chi connectivity index (χ1v) is 11.2. The maximum absolute atomic E-state index is 13.2. The molecule has 6 heteroatoms. The van der Waals surface area contributed by atoms with Gasteiger partial charge in [-0.05, 0) is 66.5 Å². The number of hydrogen-bond acceptors (Lipinski definition) is 3. The number of carbonyl (C=O) groups excluding carboxylic acids is 2. The summed E-state index contributed by atoms with van der Waals surface area (Å²) in [6, 6.07) is 16.7. The topological polar surface area (TPSA) is 49.4 Å². The van der Waals surface area contributed by atoms with Crippen molar-refractivity contribution in [2.75, 3.05) is 4.90 Å². The molecule has 0 unspecified atom stereocenters. The van der Waals surface area contributed by atoms with Crippen molar-refractivity contribution in [3.05, 3.63) is 82.4 Å². The van der Waals surface area contributed by atoms with Crippen LogP contribution in [0.2, 0.25) is 5.02 Å². The van der Waals surface area contributed by atoms with E-state index in [1.807, 2.05) is 36.4 Å². The fourth-order valence-corrected chi connectivity index (χ4v) is 3.78. The maximum Gasteiger partial charge on any atom is 0.270 e. The van der Waals surface area contributed by atoms with E-state index < -0.39 is 11.8 Å². The normalized spacial score (nSPS) is 16.1. The minimum atomic E-state index is -0.479. The van der Waals surface area contributed by atoms with Gasteiger partial charge in [-0.3, -0.25) is 19.8 Å². The predicted molar refractivity (Wildman–Crippen MR) is 131 cm³/mol. The van der Waals surface area contributed by atoms with Gasteiger partial charge in [-0.25, -0.2) is 0 Å². The molecular formula is C25H25ClN2O2S. The molecule has 0 bridgehead atoms. The second-order valence-electron chi connectivity index (χ2n) is 7.37. The highest BCUT2D eigenvalue weighted by Crippen LogP contribution is 2.25. The predicted octanol–water partition coefficient (Wildman–Crippen LogP) is 6.07. The number of hydrogen-bond donors (Lipinski definition) is 1. The molecule has 1 saturated heterocycles. The molecule has 1 fully saturated rings. The lowest BCUT2D eigenvalue weighted by molar-refractivity contribution is -0.122. The van der Waals surface area contributed by atoms with Crippen molar-refractivity contribution < 1.29 is 9.59 Å². The van der Waals surface area contributed by atoms with Crippen LogP contribution in [0.1, 0.15) is 44.6 Å². The zero-order chi connectivity index (χ0) is 22.2. The van der Waals surface area contributed by atoms with E-state index in [9.17, 15) is 9.59 Å². The molecule has 1 aliphatic rings. The molecule has 2 aromatic carbocycles. The molecular weight excluding hydrogens is 428 g/mol. The summed E-state index contributed by atoms with van der Waals surface area (Å²) in [6.07, 6.45) is 8.91. The van der Waals surface area contributed by atoms with E-state index in [-0.39, 0.29) is 10.7 Å². The van der Waals surface area contributed by atoms with E-state index in [2.05, 4.69) is 12.2 Å². The summed E-state index contributed by atoms with van der Waals surface area (Å²) >= 11 is 11.2. The second kappa shape index (κ2) is 11.0. The van der Waals surface area contributed by atoms with Crippen LogP contribution in [0.5, 0.6) is 0 Å². The van der Waals surface area contributed by atoms with Gasteiger partial charge < -0.3 is 0 Å². The van der Waals surface area contributed by atoms with E-state index in [4.69, 9.17) is 23.8 Å². The lowest BCUT2D eigenvalue weighted by Gasteiger charge is -2.29. The standard InChI is InChI=1S/C25H25ClN2O2S/c1-2-3-4-6-11-19(16-18-9-7-5-8-10-18)17-22-23(29)27-25(31)28(24(22)30)21-14-12-20(26)13-15-21/h5,7-10,12-17H,2-4,6,11H2,1H3,(H,27,29,31)/b19-16+,22-17-. The lowest BCUT2D eigenvalue weighted by atomic mass is 9.99. The molecule has 1 aliphatic heterocycles. The van der Waals surface area contributed by atoms with E-state index in [0.717, 1.165) is 43.2 Å². The number of halogens is 1. The molecule has 0 aromatic heterocycles. The van der Waals surface area contributed by atoms with Crippen molar-refractivity contribution in [2.24, 2.45) is 0 Å². The zero-order valence-electron chi connectivity index (χ0n) is 17.4. The summed E-state index contributed by atoms with van der Waals surface area (Å²) < 4.78 is 0. The smallest absolute Gasteiger partial charge is 0.270 e. The number of allylic oxidation sites excluding steroid dienone is 2. The molecule has 160 valence electrons. The molecule has 1 N–H and O–H groups in total. The maximum atomic E-state index is 13.2. The number of benzene rings is 2. The van der Waals surface area contributed by atoms with Crippen molar-refractivity contribution >= 4 is 52.5 Å². The molecule has 0 saturated carbocycles. The quantitative estimate of drug-likeness (QED) is 0.229. The number of rotatable bonds is 8. The van der Waals surface area contributed by atoms with E-state index >= 15 is 0 Å². The summed E-state index contributed by atoms with van der Waals surface area (Å²) in [7, 11) is 0. The Hall–Kier alpha value is -2.76. The van der Waals surface area contributed by atoms with E-state index in [1.165, 1.54) is 4.90 Å². The molecule has 0 aliphatic carbocycles. The highest BCUT2D eigenvalue weighted by atomic mass is 35.5. The number of nitrogens with zero attached hydrogens (tertiary/aromatic N) is 1. The van der Waals surface area contributed by atoms with Crippen LogP contribution in [0, 0.1) is 0 Å². The Morgan fingerprint density at radius 1 is 1.03 bits per heavy atom. The molecule has 0 atom stereocenters. The minimum absolute atomic E-state index is 0.0611. The number of amides is 2. The highest BCUT2D eigenvalue weighted by molar-refractivity contribution is 7.80. The lowest BCUT2D eigenvalue weighted by Crippen LogP contribution is -2.54. The van der Waals surface area contributed by atoms with Gasteiger partial charge in [0, 0.05) is 5.02 Å². The van der Waals surface area contributed by atoms with Crippen molar-refractivity contribution in [1.29, 1.82) is 0 Å². The first-order chi connectivity index (χ1) is 15.0. The minimum Gasteiger partial charge on any atom is -0.298 e. The first kappa shape index (κ1) is 22.9. The Morgan fingerprint density at radius 2 is 1.74 bits per heavy atom. The number of anilines is 1. The molecule has 0 spiro atoms. The van der Waals surface area contributed by atoms with Crippen LogP contribution in [0.4, 0.5) is 5.69 Å². The molecule has 1 heterocycles. The van der Waals surface area contributed by atoms with Gasteiger partial charge in [0.05, 0.1) is 5.69 Å². The average molecular weight is 453 g/mol. The van der Waals surface area contributed by atoms with Crippen molar-refractivity contribution in [3.63, 3.8) is 0 Å². The molecule has 2 amide bonds. The summed E-state index contributed by atoms with van der Waals surface area (Å²) in [6.45, 7) is 2.17. The Balaban J connectivity index is 1.93. The Labute approximate surface area is 193 Å². The van der Waals surface area contributed by atoms with Crippen LogP contribution in [0.15, 0.2) is 71.8 Å². The molecule has 0 radical (unpaired) electrons. The third kappa shape index (κ3) is 6.12. The van der Waals surface area contributed by atoms with Gasteiger partial charge in [-0.15, -0.1) is 0 Å². The van der Waals surface area contributed by atoms with Gasteiger partial charge in [0.2, 0.25) is 0 Å². The summed E-state index contributed by atoms with van der Waals surface area (Å²) in [4.78, 5) is 27.2. The molecule has 4 nitrogen and oxygen atoms in total. The molecule has 31 heavy (non-hydrogen) atoms. The third-order valence-corrected chi connectivity index (χ3v) is 5.52. The molecule has 3 rings (SSSR count). The summed E-state index contributed by atoms with van der Waals surface area (Å²) in [5, 5.41) is 3.25. The van der Waals surface area contributed by atoms with Gasteiger partial charge >= 0.3 is 0 Å². The fraction of sp³-hybridized carbons (Fsp3) is 0.240. The Kier molecular flexibility index (Phi) is 8.15. The van der Waals surface area contributed by atoms with E-state index in [1.54, 1.807) is 30.3 Å². The van der Waals surface area contributed by atoms with Crippen LogP contribution in [0.25, 0.3) is 6.08 Å². The van der Waals surface area contributed by atoms with Crippen molar-refractivity contribution in [2.45, 2.75) is 39.0 Å². The van der Waals surface area contributed by atoms with Crippen molar-refractivity contribution in [1.82, 2.24) is 5.32 Å². The van der Waals surface area contributed by atoms with Gasteiger partial charge in [0.25, 0.3) is 11.8 Å². The zero-order valence-corrected chi connectivity index (χ0v) is 19.0. The first-order valence-electron chi connectivity index (χ1n) is 10.4. The van der Waals surface area contributed by atoms with Crippen LogP contribution in [-0.4, -0.2) is 16.9 Å². The largest absolute Gasteiger partial charge is 0.298 e. The van der Waals surface area contributed by atoms with E-state index in [0.29, 0.717) is 10.7 Å². The SMILES string of the molecule is CCCCCCC(/C=C1/C(=O)NC(=S)N(c2ccc(Cl)cc2)C1=O)=C\c1ccccc1.